The van der Waals surface area contributed by atoms with E-state index in [0.717, 1.165) is 28.3 Å². The minimum atomic E-state index is -0.719. The van der Waals surface area contributed by atoms with Crippen LogP contribution in [-0.2, 0) is 4.79 Å². The first-order chi connectivity index (χ1) is 16.2. The Bertz CT molecular complexity index is 1030. The first-order valence-electron chi connectivity index (χ1n) is 11.9. The first-order valence-corrected chi connectivity index (χ1v) is 12.8. The monoisotopic (exact) mass is 478 g/mol. The van der Waals surface area contributed by atoms with Gasteiger partial charge in [0.2, 0.25) is 11.0 Å². The van der Waals surface area contributed by atoms with Crippen molar-refractivity contribution in [2.75, 3.05) is 12.4 Å². The summed E-state index contributed by atoms with van der Waals surface area (Å²) >= 11 is 1.31. The molecule has 1 amide bonds. The third-order valence-electron chi connectivity index (χ3n) is 5.82. The van der Waals surface area contributed by atoms with Crippen LogP contribution in [-0.4, -0.2) is 28.9 Å². The van der Waals surface area contributed by atoms with Crippen molar-refractivity contribution < 1.29 is 4.79 Å². The maximum absolute atomic E-state index is 13.2. The highest BCUT2D eigenvalue weighted by atomic mass is 32.1. The highest BCUT2D eigenvalue weighted by Crippen LogP contribution is 2.43. The van der Waals surface area contributed by atoms with Crippen molar-refractivity contribution in [1.82, 2.24) is 10.2 Å². The fraction of sp³-hybridized carbons (Fsp3) is 0.429. The lowest BCUT2D eigenvalue weighted by Crippen LogP contribution is -2.37. The molecule has 1 aromatic carbocycles. The normalized spacial score (nSPS) is 16.8. The second-order valence-corrected chi connectivity index (χ2v) is 10.1. The van der Waals surface area contributed by atoms with Gasteiger partial charge in [-0.3, -0.25) is 9.79 Å². The Kier molecular flexibility index (Phi) is 10.6. The number of nitrogens with one attached hydrogen (secondary N) is 1. The summed E-state index contributed by atoms with van der Waals surface area (Å²) in [6, 6.07) is 10.1. The van der Waals surface area contributed by atoms with E-state index in [2.05, 4.69) is 65.6 Å². The smallest absolute Gasteiger partial charge is 0.232 e. The van der Waals surface area contributed by atoms with E-state index < -0.39 is 5.41 Å². The van der Waals surface area contributed by atoms with Crippen LogP contribution < -0.4 is 5.32 Å². The third-order valence-corrected chi connectivity index (χ3v) is 6.43. The highest BCUT2D eigenvalue weighted by Gasteiger charge is 2.40. The molecular formula is C28H38N4OS. The molecule has 0 radical (unpaired) electrons. The second kappa shape index (κ2) is 13.1. The highest BCUT2D eigenvalue weighted by molar-refractivity contribution is 7.13. The van der Waals surface area contributed by atoms with Gasteiger partial charge < -0.3 is 5.32 Å². The van der Waals surface area contributed by atoms with Gasteiger partial charge >= 0.3 is 0 Å². The summed E-state index contributed by atoms with van der Waals surface area (Å²) in [6.45, 7) is 12.7. The molecule has 0 saturated carbocycles. The van der Waals surface area contributed by atoms with Crippen LogP contribution in [0.5, 0.6) is 0 Å². The maximum Gasteiger partial charge on any atom is 0.232 e. The molecule has 1 unspecified atom stereocenters. The van der Waals surface area contributed by atoms with Crippen molar-refractivity contribution in [3.63, 3.8) is 0 Å². The second-order valence-electron chi connectivity index (χ2n) is 9.28. The Balaban J connectivity index is 0.000000604. The van der Waals surface area contributed by atoms with Crippen LogP contribution >= 0.6 is 11.3 Å². The zero-order valence-electron chi connectivity index (χ0n) is 21.5. The van der Waals surface area contributed by atoms with E-state index in [-0.39, 0.29) is 11.8 Å². The van der Waals surface area contributed by atoms with Crippen molar-refractivity contribution in [1.29, 1.82) is 0 Å². The number of aliphatic imine (C=N–C) groups is 1. The molecule has 0 saturated heterocycles. The molecule has 0 bridgehead atoms. The van der Waals surface area contributed by atoms with Gasteiger partial charge in [0, 0.05) is 13.0 Å². The molecule has 0 fully saturated rings. The lowest BCUT2D eigenvalue weighted by Gasteiger charge is -2.35. The van der Waals surface area contributed by atoms with E-state index in [0.29, 0.717) is 5.13 Å². The summed E-state index contributed by atoms with van der Waals surface area (Å²) < 4.78 is 0. The van der Waals surface area contributed by atoms with Gasteiger partial charge in [-0.1, -0.05) is 101 Å². The predicted molar refractivity (Wildman–Crippen MR) is 146 cm³/mol. The zero-order chi connectivity index (χ0) is 25.1. The van der Waals surface area contributed by atoms with Gasteiger partial charge in [0.15, 0.2) is 0 Å². The molecule has 3 rings (SSSR count). The van der Waals surface area contributed by atoms with Gasteiger partial charge in [-0.05, 0) is 41.7 Å². The van der Waals surface area contributed by atoms with Crippen LogP contribution in [0.3, 0.4) is 0 Å². The number of benzene rings is 1. The number of anilines is 1. The lowest BCUT2D eigenvalue weighted by atomic mass is 9.69. The summed E-state index contributed by atoms with van der Waals surface area (Å²) in [5.74, 6) is 0.672. The Labute approximate surface area is 208 Å². The quantitative estimate of drug-likeness (QED) is 0.456. The van der Waals surface area contributed by atoms with Gasteiger partial charge in [-0.15, -0.1) is 10.2 Å². The number of nitrogens with zero attached hydrogens (tertiary/aromatic N) is 3. The van der Waals surface area contributed by atoms with Crippen LogP contribution in [0.2, 0.25) is 0 Å². The molecule has 6 heteroatoms. The van der Waals surface area contributed by atoms with Gasteiger partial charge in [-0.25, -0.2) is 0 Å². The molecular weight excluding hydrogens is 440 g/mol. The third kappa shape index (κ3) is 7.32. The van der Waals surface area contributed by atoms with Crippen molar-refractivity contribution >= 4 is 28.1 Å². The summed E-state index contributed by atoms with van der Waals surface area (Å²) in [6.07, 6.45) is 11.0. The standard InChI is InChI=1S/C22H24N4OS.C6H14/c1-5-15-13-17(11-12-18(15)23-4)19(16-9-7-6-8-10-16)22(2,3)20(27)25-21-26-24-14-28-21;1-4-5-6(2)3/h5-14,19H,1-4H3,(H,25,26,27);6H,4-5H2,1-3H3/b15-5-,23-18?;. The lowest BCUT2D eigenvalue weighted by molar-refractivity contribution is -0.124. The average Bonchev–Trinajstić information content (AvgIpc) is 3.33. The van der Waals surface area contributed by atoms with Crippen LogP contribution in [0, 0.1) is 11.3 Å². The topological polar surface area (TPSA) is 67.2 Å². The molecule has 1 aliphatic rings. The summed E-state index contributed by atoms with van der Waals surface area (Å²) in [4.78, 5) is 17.5. The molecule has 0 aliphatic heterocycles. The largest absolute Gasteiger partial charge is 0.300 e. The van der Waals surface area contributed by atoms with Crippen LogP contribution in [0.4, 0.5) is 5.13 Å². The maximum atomic E-state index is 13.2. The van der Waals surface area contributed by atoms with Crippen LogP contribution in [0.25, 0.3) is 0 Å². The van der Waals surface area contributed by atoms with E-state index in [1.54, 1.807) is 12.6 Å². The van der Waals surface area contributed by atoms with E-state index in [4.69, 9.17) is 0 Å². The van der Waals surface area contributed by atoms with Crippen LogP contribution in [0.15, 0.2) is 76.3 Å². The van der Waals surface area contributed by atoms with Gasteiger partial charge in [-0.2, -0.15) is 0 Å². The Morgan fingerprint density at radius 3 is 2.41 bits per heavy atom. The Morgan fingerprint density at radius 1 is 1.21 bits per heavy atom. The number of aromatic nitrogens is 2. The van der Waals surface area contributed by atoms with E-state index in [9.17, 15) is 4.79 Å². The molecule has 1 N–H and O–H groups in total. The molecule has 1 heterocycles. The number of carbonyl (C=O) groups excluding carboxylic acids is 1. The van der Waals surface area contributed by atoms with Crippen LogP contribution in [0.1, 0.15) is 65.9 Å². The number of hydrogen-bond acceptors (Lipinski definition) is 5. The summed E-state index contributed by atoms with van der Waals surface area (Å²) in [5, 5.41) is 11.2. The molecule has 0 spiro atoms. The number of allylic oxidation sites excluding steroid dienone is 6. The number of amides is 1. The minimum Gasteiger partial charge on any atom is -0.300 e. The molecule has 182 valence electrons. The molecule has 5 nitrogen and oxygen atoms in total. The Morgan fingerprint density at radius 2 is 1.91 bits per heavy atom. The number of hydrogen-bond donors (Lipinski definition) is 1. The zero-order valence-corrected chi connectivity index (χ0v) is 22.3. The molecule has 1 aromatic heterocycles. The first kappa shape index (κ1) is 27.4. The minimum absolute atomic E-state index is 0.0932. The molecule has 34 heavy (non-hydrogen) atoms. The van der Waals surface area contributed by atoms with Crippen molar-refractivity contribution in [2.24, 2.45) is 16.3 Å². The fourth-order valence-electron chi connectivity index (χ4n) is 4.05. The number of rotatable bonds is 7. The SMILES string of the molecule is C/C=C1/C=C(C(c2ccccc2)C(C)(C)C(=O)Nc2nncs2)C=CC1=NC.CCCC(C)C. The van der Waals surface area contributed by atoms with Crippen molar-refractivity contribution in [2.45, 2.75) is 60.3 Å². The summed E-state index contributed by atoms with van der Waals surface area (Å²) in [7, 11) is 1.79. The van der Waals surface area contributed by atoms with E-state index in [1.807, 2.05) is 51.1 Å². The van der Waals surface area contributed by atoms with Gasteiger partial charge in [0.1, 0.15) is 5.51 Å². The fourth-order valence-corrected chi connectivity index (χ4v) is 4.49. The van der Waals surface area contributed by atoms with Crippen molar-refractivity contribution in [3.8, 4) is 0 Å². The summed E-state index contributed by atoms with van der Waals surface area (Å²) in [5.41, 5.74) is 5.04. The van der Waals surface area contributed by atoms with Gasteiger partial charge in [0.05, 0.1) is 11.1 Å². The molecule has 1 aliphatic carbocycles. The number of carbonyl (C=O) groups is 1. The molecule has 1 atom stereocenters. The van der Waals surface area contributed by atoms with E-state index >= 15 is 0 Å². The van der Waals surface area contributed by atoms with Crippen molar-refractivity contribution in [3.05, 3.63) is 76.9 Å². The predicted octanol–water partition coefficient (Wildman–Crippen LogP) is 7.24. The Hall–Kier alpha value is -2.86. The average molecular weight is 479 g/mol. The van der Waals surface area contributed by atoms with E-state index in [1.165, 1.54) is 24.2 Å². The van der Waals surface area contributed by atoms with Gasteiger partial charge in [0.25, 0.3) is 0 Å². The molecule has 2 aromatic rings.